The van der Waals surface area contributed by atoms with E-state index in [1.54, 1.807) is 24.3 Å². The zero-order valence-corrected chi connectivity index (χ0v) is 10.5. The van der Waals surface area contributed by atoms with Crippen LogP contribution < -0.4 is 4.74 Å². The van der Waals surface area contributed by atoms with E-state index in [9.17, 15) is 10.2 Å². The Morgan fingerprint density at radius 1 is 1.00 bits per heavy atom. The smallest absolute Gasteiger partial charge is 0.126 e. The third-order valence-corrected chi connectivity index (χ3v) is 3.58. The lowest BCUT2D eigenvalue weighted by Gasteiger charge is -2.26. The summed E-state index contributed by atoms with van der Waals surface area (Å²) in [6.07, 6.45) is 1.89. The number of benzene rings is 2. The van der Waals surface area contributed by atoms with E-state index in [2.05, 4.69) is 0 Å². The second-order valence-electron chi connectivity index (χ2n) is 4.93. The molecule has 0 fully saturated rings. The van der Waals surface area contributed by atoms with Crippen LogP contribution in [0.15, 0.2) is 42.5 Å². The van der Waals surface area contributed by atoms with Crippen LogP contribution in [0.25, 0.3) is 0 Å². The number of aromatic hydroxyl groups is 2. The molecule has 0 saturated heterocycles. The molecule has 1 heterocycles. The molecule has 98 valence electrons. The van der Waals surface area contributed by atoms with Gasteiger partial charge in [-0.2, -0.15) is 0 Å². The molecule has 1 aliphatic heterocycles. The molecule has 2 aromatic rings. The van der Waals surface area contributed by atoms with Crippen LogP contribution in [-0.2, 0) is 6.42 Å². The van der Waals surface area contributed by atoms with Gasteiger partial charge in [-0.3, -0.25) is 0 Å². The summed E-state index contributed by atoms with van der Waals surface area (Å²) in [6, 6.07) is 12.7. The van der Waals surface area contributed by atoms with Gasteiger partial charge in [0.25, 0.3) is 0 Å². The molecule has 0 unspecified atom stereocenters. The highest BCUT2D eigenvalue weighted by molar-refractivity contribution is 5.44. The van der Waals surface area contributed by atoms with Crippen molar-refractivity contribution < 1.29 is 14.9 Å². The minimum absolute atomic E-state index is 0.240. The molecule has 0 saturated carbocycles. The van der Waals surface area contributed by atoms with Crippen molar-refractivity contribution in [2.45, 2.75) is 18.8 Å². The van der Waals surface area contributed by atoms with Crippen LogP contribution >= 0.6 is 0 Å². The summed E-state index contributed by atoms with van der Waals surface area (Å²) in [6.45, 7) is 0.680. The largest absolute Gasteiger partial charge is 0.508 e. The maximum Gasteiger partial charge on any atom is 0.126 e. The average Bonchev–Trinajstić information content (AvgIpc) is 2.41. The SMILES string of the molecule is Oc1ccc(C[C@H]2CCOc3cc(O)ccc32)cc1. The molecule has 0 spiro atoms. The van der Waals surface area contributed by atoms with Crippen LogP contribution in [0.4, 0.5) is 0 Å². The van der Waals surface area contributed by atoms with Gasteiger partial charge in [0.2, 0.25) is 0 Å². The van der Waals surface area contributed by atoms with Crippen LogP contribution in [0.5, 0.6) is 17.2 Å². The fourth-order valence-electron chi connectivity index (χ4n) is 2.58. The molecule has 3 nitrogen and oxygen atoms in total. The second kappa shape index (κ2) is 4.84. The maximum atomic E-state index is 9.49. The summed E-state index contributed by atoms with van der Waals surface area (Å²) in [5, 5.41) is 18.8. The molecular formula is C16H16O3. The molecule has 3 rings (SSSR count). The molecule has 2 N–H and O–H groups in total. The lowest BCUT2D eigenvalue weighted by Crippen LogP contribution is -2.15. The lowest BCUT2D eigenvalue weighted by molar-refractivity contribution is 0.265. The normalized spacial score (nSPS) is 17.6. The van der Waals surface area contributed by atoms with Gasteiger partial charge < -0.3 is 14.9 Å². The van der Waals surface area contributed by atoms with E-state index in [0.717, 1.165) is 24.2 Å². The zero-order chi connectivity index (χ0) is 13.2. The van der Waals surface area contributed by atoms with Gasteiger partial charge in [-0.05, 0) is 48.1 Å². The first kappa shape index (κ1) is 11.9. The lowest BCUT2D eigenvalue weighted by atomic mass is 9.87. The summed E-state index contributed by atoms with van der Waals surface area (Å²) in [5.41, 5.74) is 2.35. The van der Waals surface area contributed by atoms with Crippen LogP contribution in [0.1, 0.15) is 23.5 Å². The van der Waals surface area contributed by atoms with Crippen molar-refractivity contribution in [2.75, 3.05) is 6.61 Å². The Bertz CT molecular complexity index is 575. The maximum absolute atomic E-state index is 9.49. The summed E-state index contributed by atoms with van der Waals surface area (Å²) in [7, 11) is 0. The van der Waals surface area contributed by atoms with Gasteiger partial charge in [0.05, 0.1) is 6.61 Å². The molecule has 0 aliphatic carbocycles. The summed E-state index contributed by atoms with van der Waals surface area (Å²) < 4.78 is 5.59. The molecule has 3 heteroatoms. The molecule has 2 aromatic carbocycles. The molecule has 19 heavy (non-hydrogen) atoms. The van der Waals surface area contributed by atoms with Gasteiger partial charge in [-0.25, -0.2) is 0 Å². The molecule has 0 bridgehead atoms. The van der Waals surface area contributed by atoms with Gasteiger partial charge >= 0.3 is 0 Å². The molecule has 0 amide bonds. The van der Waals surface area contributed by atoms with Crippen LogP contribution in [-0.4, -0.2) is 16.8 Å². The first-order chi connectivity index (χ1) is 9.22. The highest BCUT2D eigenvalue weighted by atomic mass is 16.5. The number of fused-ring (bicyclic) bond motifs is 1. The van der Waals surface area contributed by atoms with E-state index >= 15 is 0 Å². The topological polar surface area (TPSA) is 49.7 Å². The third-order valence-electron chi connectivity index (χ3n) is 3.58. The van der Waals surface area contributed by atoms with Crippen molar-refractivity contribution in [3.8, 4) is 17.2 Å². The number of hydrogen-bond donors (Lipinski definition) is 2. The highest BCUT2D eigenvalue weighted by Crippen LogP contribution is 2.37. The second-order valence-corrected chi connectivity index (χ2v) is 4.93. The van der Waals surface area contributed by atoms with Gasteiger partial charge in [0.1, 0.15) is 17.2 Å². The van der Waals surface area contributed by atoms with Crippen molar-refractivity contribution in [2.24, 2.45) is 0 Å². The van der Waals surface area contributed by atoms with Crippen molar-refractivity contribution in [1.29, 1.82) is 0 Å². The number of phenolic OH excluding ortho intramolecular Hbond substituents is 2. The fraction of sp³-hybridized carbons (Fsp3) is 0.250. The molecule has 1 aliphatic rings. The van der Waals surface area contributed by atoms with E-state index in [4.69, 9.17) is 4.74 Å². The van der Waals surface area contributed by atoms with Crippen molar-refractivity contribution >= 4 is 0 Å². The third kappa shape index (κ3) is 2.50. The van der Waals surface area contributed by atoms with Crippen LogP contribution in [0.2, 0.25) is 0 Å². The van der Waals surface area contributed by atoms with Gasteiger partial charge in [-0.15, -0.1) is 0 Å². The minimum Gasteiger partial charge on any atom is -0.508 e. The summed E-state index contributed by atoms with van der Waals surface area (Å²) in [5.74, 6) is 1.72. The highest BCUT2D eigenvalue weighted by Gasteiger charge is 2.22. The molecular weight excluding hydrogens is 240 g/mol. The summed E-state index contributed by atoms with van der Waals surface area (Å²) in [4.78, 5) is 0. The zero-order valence-electron chi connectivity index (χ0n) is 10.5. The predicted molar refractivity (Wildman–Crippen MR) is 72.8 cm³/mol. The van der Waals surface area contributed by atoms with E-state index in [-0.39, 0.29) is 5.75 Å². The van der Waals surface area contributed by atoms with Gasteiger partial charge in [0.15, 0.2) is 0 Å². The number of ether oxygens (including phenoxy) is 1. The number of hydrogen-bond acceptors (Lipinski definition) is 3. The Balaban J connectivity index is 1.85. The number of rotatable bonds is 2. The fourth-order valence-corrected chi connectivity index (χ4v) is 2.58. The van der Waals surface area contributed by atoms with E-state index in [1.807, 2.05) is 18.2 Å². The Hall–Kier alpha value is -2.16. The van der Waals surface area contributed by atoms with E-state index in [1.165, 1.54) is 5.56 Å². The van der Waals surface area contributed by atoms with Crippen molar-refractivity contribution in [1.82, 2.24) is 0 Å². The quantitative estimate of drug-likeness (QED) is 0.867. The van der Waals surface area contributed by atoms with Crippen LogP contribution in [0.3, 0.4) is 0 Å². The Morgan fingerprint density at radius 3 is 2.53 bits per heavy atom. The van der Waals surface area contributed by atoms with Crippen molar-refractivity contribution in [3.63, 3.8) is 0 Å². The first-order valence-corrected chi connectivity index (χ1v) is 6.46. The predicted octanol–water partition coefficient (Wildman–Crippen LogP) is 3.21. The van der Waals surface area contributed by atoms with E-state index < -0.39 is 0 Å². The first-order valence-electron chi connectivity index (χ1n) is 6.46. The monoisotopic (exact) mass is 256 g/mol. The Kier molecular flexibility index (Phi) is 3.03. The van der Waals surface area contributed by atoms with Gasteiger partial charge in [0, 0.05) is 6.07 Å². The van der Waals surface area contributed by atoms with Gasteiger partial charge in [-0.1, -0.05) is 18.2 Å². The molecule has 0 aromatic heterocycles. The standard InChI is InChI=1S/C16H16O3/c17-13-3-1-11(2-4-13)9-12-7-8-19-16-10-14(18)5-6-15(12)16/h1-6,10,12,17-18H,7-9H2/t12-/m1/s1. The minimum atomic E-state index is 0.240. The number of phenols is 2. The Labute approximate surface area is 112 Å². The van der Waals surface area contributed by atoms with Crippen molar-refractivity contribution in [3.05, 3.63) is 53.6 Å². The Morgan fingerprint density at radius 2 is 1.74 bits per heavy atom. The van der Waals surface area contributed by atoms with E-state index in [0.29, 0.717) is 18.3 Å². The average molecular weight is 256 g/mol. The molecule has 0 radical (unpaired) electrons. The summed E-state index contributed by atoms with van der Waals surface area (Å²) >= 11 is 0. The molecule has 1 atom stereocenters. The van der Waals surface area contributed by atoms with Crippen LogP contribution in [0, 0.1) is 0 Å².